The summed E-state index contributed by atoms with van der Waals surface area (Å²) in [6.07, 6.45) is 1.05. The van der Waals surface area contributed by atoms with Crippen molar-refractivity contribution < 1.29 is 10.2 Å². The fourth-order valence-electron chi connectivity index (χ4n) is 2.81. The summed E-state index contributed by atoms with van der Waals surface area (Å²) in [7, 11) is 0. The van der Waals surface area contributed by atoms with Crippen LogP contribution in [-0.2, 0) is 6.42 Å². The first-order valence-electron chi connectivity index (χ1n) is 6.52. The molecule has 0 saturated heterocycles. The lowest BCUT2D eigenvalue weighted by molar-refractivity contribution is 0.448. The quantitative estimate of drug-likeness (QED) is 0.866. The normalized spacial score (nSPS) is 15.3. The van der Waals surface area contributed by atoms with E-state index in [1.54, 1.807) is 12.1 Å². The third-order valence-corrected chi connectivity index (χ3v) is 3.80. The summed E-state index contributed by atoms with van der Waals surface area (Å²) >= 11 is 0. The summed E-state index contributed by atoms with van der Waals surface area (Å²) in [4.78, 5) is 2.31. The maximum atomic E-state index is 9.60. The monoisotopic (exact) mass is 255 g/mol. The second-order valence-corrected chi connectivity index (χ2v) is 5.03. The zero-order valence-corrected chi connectivity index (χ0v) is 10.9. The molecule has 2 aromatic carbocycles. The van der Waals surface area contributed by atoms with Crippen molar-refractivity contribution >= 4 is 5.69 Å². The molecule has 1 heterocycles. The predicted molar refractivity (Wildman–Crippen MR) is 75.7 cm³/mol. The number of phenols is 2. The average Bonchev–Trinajstić information content (AvgIpc) is 2.80. The molecule has 0 amide bonds. The highest BCUT2D eigenvalue weighted by molar-refractivity contribution is 5.59. The number of aromatic hydroxyl groups is 2. The Labute approximate surface area is 112 Å². The summed E-state index contributed by atoms with van der Waals surface area (Å²) in [6, 6.07) is 13.3. The zero-order valence-electron chi connectivity index (χ0n) is 10.9. The molecule has 0 fully saturated rings. The number of nitrogens with zero attached hydrogens (tertiary/aromatic N) is 1. The van der Waals surface area contributed by atoms with Crippen molar-refractivity contribution in [2.24, 2.45) is 0 Å². The second kappa shape index (κ2) is 4.50. The maximum absolute atomic E-state index is 9.60. The Balaban J connectivity index is 1.95. The number of hydrogen-bond donors (Lipinski definition) is 2. The fraction of sp³-hybridized carbons (Fsp3) is 0.250. The van der Waals surface area contributed by atoms with Gasteiger partial charge in [-0.25, -0.2) is 0 Å². The van der Waals surface area contributed by atoms with Crippen molar-refractivity contribution in [1.29, 1.82) is 0 Å². The van der Waals surface area contributed by atoms with Crippen LogP contribution in [0.4, 0.5) is 5.69 Å². The van der Waals surface area contributed by atoms with Gasteiger partial charge in [0.25, 0.3) is 0 Å². The second-order valence-electron chi connectivity index (χ2n) is 5.03. The van der Waals surface area contributed by atoms with Gasteiger partial charge in [0.15, 0.2) is 0 Å². The predicted octanol–water partition coefficient (Wildman–Crippen LogP) is 3.22. The molecule has 1 aliphatic heterocycles. The first-order chi connectivity index (χ1) is 9.15. The molecule has 2 aromatic rings. The first kappa shape index (κ1) is 11.9. The van der Waals surface area contributed by atoms with E-state index in [1.165, 1.54) is 17.3 Å². The smallest absolute Gasteiger partial charge is 0.119 e. The molecule has 0 bridgehead atoms. The molecule has 0 aliphatic carbocycles. The summed E-state index contributed by atoms with van der Waals surface area (Å²) in [5, 5.41) is 19.2. The molecule has 0 radical (unpaired) electrons. The van der Waals surface area contributed by atoms with E-state index in [-0.39, 0.29) is 17.5 Å². The van der Waals surface area contributed by atoms with E-state index in [2.05, 4.69) is 30.0 Å². The molecular weight excluding hydrogens is 238 g/mol. The van der Waals surface area contributed by atoms with Crippen LogP contribution in [0.5, 0.6) is 11.5 Å². The lowest BCUT2D eigenvalue weighted by Gasteiger charge is -2.28. The van der Waals surface area contributed by atoms with Gasteiger partial charge >= 0.3 is 0 Å². The molecule has 0 saturated carbocycles. The number of rotatable bonds is 2. The van der Waals surface area contributed by atoms with Gasteiger partial charge in [0.05, 0.1) is 6.04 Å². The van der Waals surface area contributed by atoms with Crippen molar-refractivity contribution in [3.05, 3.63) is 53.6 Å². The summed E-state index contributed by atoms with van der Waals surface area (Å²) in [5.74, 6) is 0.212. The fourth-order valence-corrected chi connectivity index (χ4v) is 2.81. The highest BCUT2D eigenvalue weighted by Crippen LogP contribution is 2.36. The van der Waals surface area contributed by atoms with E-state index in [1.807, 2.05) is 6.07 Å². The van der Waals surface area contributed by atoms with E-state index in [0.29, 0.717) is 0 Å². The van der Waals surface area contributed by atoms with E-state index in [0.717, 1.165) is 18.5 Å². The molecule has 3 heteroatoms. The first-order valence-corrected chi connectivity index (χ1v) is 6.52. The number of fused-ring (bicyclic) bond motifs is 1. The lowest BCUT2D eigenvalue weighted by Crippen LogP contribution is -2.24. The van der Waals surface area contributed by atoms with E-state index >= 15 is 0 Å². The molecule has 3 nitrogen and oxygen atoms in total. The average molecular weight is 255 g/mol. The van der Waals surface area contributed by atoms with Crippen molar-refractivity contribution in [2.45, 2.75) is 19.4 Å². The third kappa shape index (κ3) is 2.12. The number of hydrogen-bond acceptors (Lipinski definition) is 3. The van der Waals surface area contributed by atoms with Gasteiger partial charge in [0, 0.05) is 18.3 Å². The van der Waals surface area contributed by atoms with E-state index in [9.17, 15) is 10.2 Å². The van der Waals surface area contributed by atoms with Gasteiger partial charge in [-0.05, 0) is 42.7 Å². The van der Waals surface area contributed by atoms with Crippen LogP contribution in [0.3, 0.4) is 0 Å². The summed E-state index contributed by atoms with van der Waals surface area (Å²) in [5.41, 5.74) is 3.53. The Morgan fingerprint density at radius 1 is 1.05 bits per heavy atom. The summed E-state index contributed by atoms with van der Waals surface area (Å²) < 4.78 is 0. The van der Waals surface area contributed by atoms with Gasteiger partial charge in [-0.3, -0.25) is 0 Å². The number of para-hydroxylation sites is 1. The van der Waals surface area contributed by atoms with Gasteiger partial charge in [-0.15, -0.1) is 0 Å². The molecule has 0 aromatic heterocycles. The van der Waals surface area contributed by atoms with Gasteiger partial charge in [0.2, 0.25) is 0 Å². The minimum Gasteiger partial charge on any atom is -0.508 e. The minimum absolute atomic E-state index is 0.106. The lowest BCUT2D eigenvalue weighted by atomic mass is 10.1. The Morgan fingerprint density at radius 3 is 2.47 bits per heavy atom. The van der Waals surface area contributed by atoms with Crippen molar-refractivity contribution in [3.63, 3.8) is 0 Å². The van der Waals surface area contributed by atoms with Crippen LogP contribution >= 0.6 is 0 Å². The van der Waals surface area contributed by atoms with Crippen molar-refractivity contribution in [2.75, 3.05) is 11.4 Å². The third-order valence-electron chi connectivity index (χ3n) is 3.80. The molecule has 2 N–H and O–H groups in total. The Hall–Kier alpha value is -2.16. The molecule has 98 valence electrons. The Bertz CT molecular complexity index is 589. The van der Waals surface area contributed by atoms with Crippen LogP contribution in [0.1, 0.15) is 24.1 Å². The highest BCUT2D eigenvalue weighted by atomic mass is 16.3. The van der Waals surface area contributed by atoms with Gasteiger partial charge in [-0.2, -0.15) is 0 Å². The number of anilines is 1. The number of benzene rings is 2. The summed E-state index contributed by atoms with van der Waals surface area (Å²) in [6.45, 7) is 3.06. The van der Waals surface area contributed by atoms with Crippen LogP contribution in [-0.4, -0.2) is 16.8 Å². The van der Waals surface area contributed by atoms with Crippen molar-refractivity contribution in [3.8, 4) is 11.5 Å². The Kier molecular flexibility index (Phi) is 2.82. The van der Waals surface area contributed by atoms with Crippen LogP contribution in [0.25, 0.3) is 0 Å². The molecule has 1 unspecified atom stereocenters. The molecule has 19 heavy (non-hydrogen) atoms. The number of phenolic OH excluding ortho intramolecular Hbond substituents is 2. The van der Waals surface area contributed by atoms with Crippen LogP contribution in [0, 0.1) is 0 Å². The Morgan fingerprint density at radius 2 is 1.74 bits per heavy atom. The molecule has 0 spiro atoms. The topological polar surface area (TPSA) is 43.7 Å². The van der Waals surface area contributed by atoms with Gasteiger partial charge < -0.3 is 15.1 Å². The molecular formula is C16H17NO2. The molecule has 1 aliphatic rings. The van der Waals surface area contributed by atoms with Crippen LogP contribution < -0.4 is 4.90 Å². The van der Waals surface area contributed by atoms with Crippen LogP contribution in [0.2, 0.25) is 0 Å². The SMILES string of the molecule is CC(c1cc(O)cc(O)c1)N1CCc2ccccc21. The van der Waals surface area contributed by atoms with Gasteiger partial charge in [-0.1, -0.05) is 18.2 Å². The molecule has 1 atom stereocenters. The molecule has 3 rings (SSSR count). The maximum Gasteiger partial charge on any atom is 0.119 e. The minimum atomic E-state index is 0.106. The van der Waals surface area contributed by atoms with Crippen molar-refractivity contribution in [1.82, 2.24) is 0 Å². The standard InChI is InChI=1S/C16H17NO2/c1-11(13-8-14(18)10-15(19)9-13)17-7-6-12-4-2-3-5-16(12)17/h2-5,8-11,18-19H,6-7H2,1H3. The van der Waals surface area contributed by atoms with E-state index in [4.69, 9.17) is 0 Å². The van der Waals surface area contributed by atoms with Crippen LogP contribution in [0.15, 0.2) is 42.5 Å². The zero-order chi connectivity index (χ0) is 13.4. The highest BCUT2D eigenvalue weighted by Gasteiger charge is 2.24. The largest absolute Gasteiger partial charge is 0.508 e. The van der Waals surface area contributed by atoms with E-state index < -0.39 is 0 Å². The van der Waals surface area contributed by atoms with Gasteiger partial charge in [0.1, 0.15) is 11.5 Å².